The van der Waals surface area contributed by atoms with Gasteiger partial charge in [-0.2, -0.15) is 11.8 Å². The van der Waals surface area contributed by atoms with Crippen LogP contribution in [0.1, 0.15) is 128 Å². The normalized spacial score (nSPS) is 11.3. The van der Waals surface area contributed by atoms with Gasteiger partial charge in [-0.25, -0.2) is 0 Å². The molecule has 1 aromatic rings. The summed E-state index contributed by atoms with van der Waals surface area (Å²) in [4.78, 5) is 12.1. The molecule has 0 radical (unpaired) electrons. The van der Waals surface area contributed by atoms with Crippen molar-refractivity contribution in [2.45, 2.75) is 129 Å². The summed E-state index contributed by atoms with van der Waals surface area (Å²) in [5.74, 6) is 2.96. The molecule has 38 heavy (non-hydrogen) atoms. The first-order chi connectivity index (χ1) is 18.0. The number of nitrogens with one attached hydrogen (secondary N) is 1. The molecule has 1 aromatic carbocycles. The predicted molar refractivity (Wildman–Crippen MR) is 166 cm³/mol. The van der Waals surface area contributed by atoms with Gasteiger partial charge in [-0.1, -0.05) is 121 Å². The number of nitrogens with zero attached hydrogens (tertiary/aromatic N) is 1. The largest absolute Gasteiger partial charge is 1.00 e. The predicted octanol–water partition coefficient (Wildman–Crippen LogP) is 6.16. The van der Waals surface area contributed by atoms with Crippen LogP contribution >= 0.6 is 11.8 Å². The summed E-state index contributed by atoms with van der Waals surface area (Å²) in [6, 6.07) is 10.7. The van der Waals surface area contributed by atoms with Crippen molar-refractivity contribution in [1.82, 2.24) is 5.32 Å². The summed E-state index contributed by atoms with van der Waals surface area (Å²) >= 11 is 2.17. The third-order valence-corrected chi connectivity index (χ3v) is 8.46. The Balaban J connectivity index is 0.0000137. The molecular formula is C33H61ClN2OS. The Morgan fingerprint density at radius 2 is 1.21 bits per heavy atom. The lowest BCUT2D eigenvalue weighted by molar-refractivity contribution is -0.903. The molecule has 0 unspecified atom stereocenters. The van der Waals surface area contributed by atoms with E-state index in [4.69, 9.17) is 0 Å². The second kappa shape index (κ2) is 26.5. The highest BCUT2D eigenvalue weighted by Crippen LogP contribution is 2.15. The molecule has 0 aromatic heterocycles. The molecule has 0 aliphatic rings. The number of thioether (sulfide) groups is 1. The molecule has 0 heterocycles. The Bertz CT molecular complexity index is 641. The average molecular weight is 569 g/mol. The van der Waals surface area contributed by atoms with E-state index in [0.29, 0.717) is 6.42 Å². The standard InChI is InChI=1S/C33H60N2OS.ClH/c1-4-5-6-7-8-12-15-21-29-37-30-22-16-13-10-9-11-14-20-26-33(36)34-27-23-28-35(2,3)31-32-24-18-17-19-25-32;/h17-19,24-25H,4-16,20-23,26-31H2,1-3H3;1H. The highest BCUT2D eigenvalue weighted by atomic mass is 35.5. The summed E-state index contributed by atoms with van der Waals surface area (Å²) in [6.45, 7) is 5.20. The smallest absolute Gasteiger partial charge is 0.219 e. The fourth-order valence-corrected chi connectivity index (χ4v) is 5.99. The van der Waals surface area contributed by atoms with Gasteiger partial charge in [0.15, 0.2) is 0 Å². The first kappa shape index (κ1) is 37.3. The van der Waals surface area contributed by atoms with Crippen molar-refractivity contribution >= 4 is 17.7 Å². The highest BCUT2D eigenvalue weighted by molar-refractivity contribution is 7.99. The van der Waals surface area contributed by atoms with Crippen LogP contribution in [0.2, 0.25) is 0 Å². The maximum Gasteiger partial charge on any atom is 0.219 e. The average Bonchev–Trinajstić information content (AvgIpc) is 2.88. The molecule has 0 aliphatic carbocycles. The number of hydrogen-bond acceptors (Lipinski definition) is 2. The number of quaternary nitrogens is 1. The second-order valence-corrected chi connectivity index (χ2v) is 12.9. The maximum absolute atomic E-state index is 12.1. The third-order valence-electron chi connectivity index (χ3n) is 7.30. The van der Waals surface area contributed by atoms with Crippen molar-refractivity contribution in [3.05, 3.63) is 35.9 Å². The molecule has 0 atom stereocenters. The Kier molecular flexibility index (Phi) is 26.0. The molecule has 1 N–H and O–H groups in total. The number of unbranched alkanes of at least 4 members (excludes halogenated alkanes) is 14. The van der Waals surface area contributed by atoms with Crippen LogP contribution in [0.3, 0.4) is 0 Å². The van der Waals surface area contributed by atoms with Gasteiger partial charge in [0, 0.05) is 24.9 Å². The van der Waals surface area contributed by atoms with Crippen molar-refractivity contribution in [1.29, 1.82) is 0 Å². The Morgan fingerprint density at radius 1 is 0.711 bits per heavy atom. The molecule has 0 saturated carbocycles. The van der Waals surface area contributed by atoms with Crippen molar-refractivity contribution in [3.63, 3.8) is 0 Å². The fraction of sp³-hybridized carbons (Fsp3) is 0.788. The summed E-state index contributed by atoms with van der Waals surface area (Å²) < 4.78 is 0.956. The van der Waals surface area contributed by atoms with Gasteiger partial charge in [-0.05, 0) is 30.8 Å². The van der Waals surface area contributed by atoms with E-state index in [-0.39, 0.29) is 18.3 Å². The zero-order chi connectivity index (χ0) is 26.9. The van der Waals surface area contributed by atoms with Gasteiger partial charge in [0.1, 0.15) is 6.54 Å². The fourth-order valence-electron chi connectivity index (χ4n) is 4.97. The first-order valence-corrected chi connectivity index (χ1v) is 16.9. The van der Waals surface area contributed by atoms with Gasteiger partial charge in [-0.3, -0.25) is 4.79 Å². The molecule has 5 heteroatoms. The van der Waals surface area contributed by atoms with Crippen molar-refractivity contribution < 1.29 is 21.7 Å². The van der Waals surface area contributed by atoms with E-state index in [1.165, 1.54) is 113 Å². The van der Waals surface area contributed by atoms with E-state index in [9.17, 15) is 4.79 Å². The van der Waals surface area contributed by atoms with Gasteiger partial charge in [0.2, 0.25) is 5.91 Å². The van der Waals surface area contributed by atoms with Crippen molar-refractivity contribution in [2.24, 2.45) is 0 Å². The molecule has 3 nitrogen and oxygen atoms in total. The van der Waals surface area contributed by atoms with E-state index >= 15 is 0 Å². The van der Waals surface area contributed by atoms with Crippen LogP contribution in [0.5, 0.6) is 0 Å². The quantitative estimate of drug-likeness (QED) is 0.107. The number of rotatable bonds is 26. The Labute approximate surface area is 247 Å². The van der Waals surface area contributed by atoms with Crippen LogP contribution in [0.15, 0.2) is 30.3 Å². The molecule has 0 fully saturated rings. The minimum atomic E-state index is 0. The zero-order valence-corrected chi connectivity index (χ0v) is 26.9. The first-order valence-electron chi connectivity index (χ1n) is 15.7. The molecule has 1 amide bonds. The topological polar surface area (TPSA) is 29.1 Å². The van der Waals surface area contributed by atoms with Crippen LogP contribution in [0, 0.1) is 0 Å². The third kappa shape index (κ3) is 24.3. The van der Waals surface area contributed by atoms with Crippen LogP contribution < -0.4 is 17.7 Å². The van der Waals surface area contributed by atoms with Crippen molar-refractivity contribution in [3.8, 4) is 0 Å². The Hall–Kier alpha value is -0.710. The monoisotopic (exact) mass is 568 g/mol. The zero-order valence-electron chi connectivity index (χ0n) is 25.3. The van der Waals surface area contributed by atoms with E-state index in [1.54, 1.807) is 0 Å². The highest BCUT2D eigenvalue weighted by Gasteiger charge is 2.15. The van der Waals surface area contributed by atoms with Gasteiger partial charge >= 0.3 is 0 Å². The minimum Gasteiger partial charge on any atom is -1.00 e. The number of carbonyl (C=O) groups excluding carboxylic acids is 1. The van der Waals surface area contributed by atoms with E-state index in [2.05, 4.69) is 68.4 Å². The maximum atomic E-state index is 12.1. The molecule has 0 saturated heterocycles. The summed E-state index contributed by atoms with van der Waals surface area (Å²) in [7, 11) is 4.54. The second-order valence-electron chi connectivity index (χ2n) is 11.7. The number of benzene rings is 1. The number of halogens is 1. The van der Waals surface area contributed by atoms with Gasteiger partial charge in [-0.15, -0.1) is 0 Å². The van der Waals surface area contributed by atoms with Crippen molar-refractivity contribution in [2.75, 3.05) is 38.7 Å². The molecular weight excluding hydrogens is 508 g/mol. The molecule has 222 valence electrons. The molecule has 0 aliphatic heterocycles. The van der Waals surface area contributed by atoms with Crippen LogP contribution in [0.4, 0.5) is 0 Å². The number of hydrogen-bond donors (Lipinski definition) is 1. The summed E-state index contributed by atoms with van der Waals surface area (Å²) in [5.41, 5.74) is 1.37. The van der Waals surface area contributed by atoms with Gasteiger partial charge in [0.25, 0.3) is 0 Å². The SMILES string of the molecule is CCCCCCCCCCSCCCCCCCCCCC(=O)NCCC[N+](C)(C)Cc1ccccc1.[Cl-]. The molecule has 1 rings (SSSR count). The lowest BCUT2D eigenvalue weighted by atomic mass is 10.1. The lowest BCUT2D eigenvalue weighted by Gasteiger charge is -2.30. The number of carbonyl (C=O) groups is 1. The van der Waals surface area contributed by atoms with E-state index in [0.717, 1.165) is 37.0 Å². The number of amides is 1. The van der Waals surface area contributed by atoms with Crippen LogP contribution in [-0.2, 0) is 11.3 Å². The summed E-state index contributed by atoms with van der Waals surface area (Å²) in [5, 5.41) is 3.13. The molecule has 0 spiro atoms. The molecule has 0 bridgehead atoms. The van der Waals surface area contributed by atoms with Crippen LogP contribution in [0.25, 0.3) is 0 Å². The lowest BCUT2D eigenvalue weighted by Crippen LogP contribution is -3.00. The minimum absolute atomic E-state index is 0. The van der Waals surface area contributed by atoms with E-state index < -0.39 is 0 Å². The van der Waals surface area contributed by atoms with E-state index in [1.807, 2.05) is 0 Å². The summed E-state index contributed by atoms with van der Waals surface area (Å²) in [6.07, 6.45) is 23.5. The Morgan fingerprint density at radius 3 is 1.76 bits per heavy atom. The van der Waals surface area contributed by atoms with Gasteiger partial charge in [0.05, 0.1) is 20.6 Å². The van der Waals surface area contributed by atoms with Gasteiger partial charge < -0.3 is 22.2 Å². The van der Waals surface area contributed by atoms with Crippen LogP contribution in [-0.4, -0.2) is 49.1 Å².